The van der Waals surface area contributed by atoms with Crippen LogP contribution in [0.1, 0.15) is 46.0 Å². The topological polar surface area (TPSA) is 12.0 Å². The van der Waals surface area contributed by atoms with E-state index >= 15 is 0 Å². The van der Waals surface area contributed by atoms with Gasteiger partial charge in [0.05, 0.1) is 0 Å². The van der Waals surface area contributed by atoms with Gasteiger partial charge in [-0.2, -0.15) is 0 Å². The fourth-order valence-corrected chi connectivity index (χ4v) is 3.63. The maximum atomic E-state index is 4.06. The first kappa shape index (κ1) is 11.2. The second kappa shape index (κ2) is 4.69. The van der Waals surface area contributed by atoms with Gasteiger partial charge in [-0.1, -0.05) is 25.3 Å². The van der Waals surface area contributed by atoms with Crippen LogP contribution in [0.2, 0.25) is 0 Å². The molecule has 0 heterocycles. The van der Waals surface area contributed by atoms with Crippen LogP contribution in [-0.2, 0) is 0 Å². The third kappa shape index (κ3) is 2.44. The molecule has 0 saturated heterocycles. The number of rotatable bonds is 5. The fraction of sp³-hybridized carbons (Fsp3) is 0.857. The quantitative estimate of drug-likeness (QED) is 0.682. The van der Waals surface area contributed by atoms with Gasteiger partial charge in [0.1, 0.15) is 0 Å². The summed E-state index contributed by atoms with van der Waals surface area (Å²) in [4.78, 5) is 0. The molecule has 15 heavy (non-hydrogen) atoms. The van der Waals surface area contributed by atoms with E-state index in [9.17, 15) is 0 Å². The van der Waals surface area contributed by atoms with Crippen LogP contribution in [0.15, 0.2) is 12.2 Å². The van der Waals surface area contributed by atoms with Crippen molar-refractivity contribution in [2.45, 2.75) is 52.0 Å². The minimum Gasteiger partial charge on any atom is -0.314 e. The summed E-state index contributed by atoms with van der Waals surface area (Å²) in [6.45, 7) is 9.55. The van der Waals surface area contributed by atoms with Crippen molar-refractivity contribution >= 4 is 0 Å². The standard InChI is InChI=1S/C14H25N/c1-4-15-13(9-10(2)3)14-11-7-5-6-8-12(11)14/h11-15H,2,4-9H2,1,3H3. The third-order valence-electron chi connectivity index (χ3n) is 4.22. The summed E-state index contributed by atoms with van der Waals surface area (Å²) in [5.74, 6) is 3.09. The molecule has 0 amide bonds. The molecule has 2 aliphatic rings. The molecule has 2 aliphatic carbocycles. The van der Waals surface area contributed by atoms with Gasteiger partial charge in [0.25, 0.3) is 0 Å². The lowest BCUT2D eigenvalue weighted by atomic mass is 10.0. The van der Waals surface area contributed by atoms with Crippen molar-refractivity contribution in [2.75, 3.05) is 6.54 Å². The smallest absolute Gasteiger partial charge is 0.0138 e. The minimum atomic E-state index is 0.723. The Kier molecular flexibility index (Phi) is 3.50. The number of hydrogen-bond donors (Lipinski definition) is 1. The molecule has 0 aromatic rings. The summed E-state index contributed by atoms with van der Waals surface area (Å²) in [6, 6.07) is 0.723. The molecule has 86 valence electrons. The van der Waals surface area contributed by atoms with Crippen LogP contribution in [0.25, 0.3) is 0 Å². The summed E-state index contributed by atoms with van der Waals surface area (Å²) in [7, 11) is 0. The zero-order valence-corrected chi connectivity index (χ0v) is 10.3. The lowest BCUT2D eigenvalue weighted by Crippen LogP contribution is -2.32. The van der Waals surface area contributed by atoms with Crippen LogP contribution in [0.5, 0.6) is 0 Å². The highest BCUT2D eigenvalue weighted by atomic mass is 14.9. The van der Waals surface area contributed by atoms with E-state index in [1.165, 1.54) is 37.7 Å². The summed E-state index contributed by atoms with van der Waals surface area (Å²) in [5, 5.41) is 3.67. The zero-order valence-electron chi connectivity index (χ0n) is 10.3. The number of hydrogen-bond acceptors (Lipinski definition) is 1. The molecule has 1 heteroatoms. The Morgan fingerprint density at radius 1 is 1.33 bits per heavy atom. The molecular weight excluding hydrogens is 182 g/mol. The lowest BCUT2D eigenvalue weighted by molar-refractivity contribution is 0.437. The van der Waals surface area contributed by atoms with Crippen LogP contribution in [-0.4, -0.2) is 12.6 Å². The van der Waals surface area contributed by atoms with E-state index in [1.54, 1.807) is 0 Å². The average molecular weight is 207 g/mol. The summed E-state index contributed by atoms with van der Waals surface area (Å²) in [5.41, 5.74) is 1.34. The van der Waals surface area contributed by atoms with Crippen molar-refractivity contribution in [1.82, 2.24) is 5.32 Å². The molecule has 0 spiro atoms. The summed E-state index contributed by atoms with van der Waals surface area (Å²) < 4.78 is 0. The molecule has 1 nitrogen and oxygen atoms in total. The van der Waals surface area contributed by atoms with Crippen LogP contribution in [0.4, 0.5) is 0 Å². The van der Waals surface area contributed by atoms with E-state index in [4.69, 9.17) is 0 Å². The van der Waals surface area contributed by atoms with Crippen molar-refractivity contribution in [3.8, 4) is 0 Å². The molecule has 0 radical (unpaired) electrons. The minimum absolute atomic E-state index is 0.723. The van der Waals surface area contributed by atoms with Gasteiger partial charge in [-0.3, -0.25) is 0 Å². The highest BCUT2D eigenvalue weighted by molar-refractivity contribution is 5.08. The Bertz CT molecular complexity index is 221. The van der Waals surface area contributed by atoms with Gasteiger partial charge >= 0.3 is 0 Å². The van der Waals surface area contributed by atoms with E-state index in [0.717, 1.165) is 30.3 Å². The molecule has 0 aromatic carbocycles. The Labute approximate surface area is 94.3 Å². The normalized spacial score (nSPS) is 35.7. The van der Waals surface area contributed by atoms with E-state index in [1.807, 2.05) is 0 Å². The van der Waals surface area contributed by atoms with Crippen LogP contribution < -0.4 is 5.32 Å². The maximum absolute atomic E-state index is 4.06. The SMILES string of the molecule is C=C(C)CC(NCC)C1C2CCCCC21. The van der Waals surface area contributed by atoms with Gasteiger partial charge < -0.3 is 5.32 Å². The Morgan fingerprint density at radius 2 is 1.93 bits per heavy atom. The molecule has 1 N–H and O–H groups in total. The van der Waals surface area contributed by atoms with Crippen LogP contribution >= 0.6 is 0 Å². The van der Waals surface area contributed by atoms with Gasteiger partial charge in [0.15, 0.2) is 0 Å². The Balaban J connectivity index is 1.91. The van der Waals surface area contributed by atoms with Crippen molar-refractivity contribution in [3.63, 3.8) is 0 Å². The van der Waals surface area contributed by atoms with Crippen molar-refractivity contribution in [1.29, 1.82) is 0 Å². The van der Waals surface area contributed by atoms with Gasteiger partial charge in [-0.25, -0.2) is 0 Å². The van der Waals surface area contributed by atoms with Crippen molar-refractivity contribution < 1.29 is 0 Å². The van der Waals surface area contributed by atoms with Gasteiger partial charge in [0, 0.05) is 6.04 Å². The first-order chi connectivity index (χ1) is 7.24. The molecule has 0 aromatic heterocycles. The van der Waals surface area contributed by atoms with Crippen molar-refractivity contribution in [3.05, 3.63) is 12.2 Å². The molecule has 0 aliphatic heterocycles. The average Bonchev–Trinajstić information content (AvgIpc) is 2.90. The van der Waals surface area contributed by atoms with Gasteiger partial charge in [-0.05, 0) is 50.5 Å². The molecule has 3 atom stereocenters. The first-order valence-corrected chi connectivity index (χ1v) is 6.61. The van der Waals surface area contributed by atoms with E-state index in [2.05, 4.69) is 25.7 Å². The van der Waals surface area contributed by atoms with Crippen molar-refractivity contribution in [2.24, 2.45) is 17.8 Å². The van der Waals surface area contributed by atoms with Gasteiger partial charge in [-0.15, -0.1) is 6.58 Å². The number of fused-ring (bicyclic) bond motifs is 1. The van der Waals surface area contributed by atoms with E-state index < -0.39 is 0 Å². The molecular formula is C14H25N. The maximum Gasteiger partial charge on any atom is 0.0138 e. The fourth-order valence-electron chi connectivity index (χ4n) is 3.63. The predicted octanol–water partition coefficient (Wildman–Crippen LogP) is 3.37. The largest absolute Gasteiger partial charge is 0.314 e. The number of nitrogens with one attached hydrogen (secondary N) is 1. The molecule has 3 unspecified atom stereocenters. The van der Waals surface area contributed by atoms with E-state index in [-0.39, 0.29) is 0 Å². The highest BCUT2D eigenvalue weighted by Crippen LogP contribution is 2.57. The zero-order chi connectivity index (χ0) is 10.8. The second-order valence-electron chi connectivity index (χ2n) is 5.51. The predicted molar refractivity (Wildman–Crippen MR) is 65.8 cm³/mol. The monoisotopic (exact) mass is 207 g/mol. The Morgan fingerprint density at radius 3 is 2.40 bits per heavy atom. The molecule has 2 rings (SSSR count). The highest BCUT2D eigenvalue weighted by Gasteiger charge is 2.53. The first-order valence-electron chi connectivity index (χ1n) is 6.61. The van der Waals surface area contributed by atoms with Crippen LogP contribution in [0.3, 0.4) is 0 Å². The summed E-state index contributed by atoms with van der Waals surface area (Å²) >= 11 is 0. The second-order valence-corrected chi connectivity index (χ2v) is 5.51. The third-order valence-corrected chi connectivity index (χ3v) is 4.22. The molecule has 2 saturated carbocycles. The molecule has 0 bridgehead atoms. The van der Waals surface area contributed by atoms with E-state index in [0.29, 0.717) is 0 Å². The Hall–Kier alpha value is -0.300. The van der Waals surface area contributed by atoms with Crippen LogP contribution in [0, 0.1) is 17.8 Å². The van der Waals surface area contributed by atoms with Gasteiger partial charge in [0.2, 0.25) is 0 Å². The summed E-state index contributed by atoms with van der Waals surface area (Å²) in [6.07, 6.45) is 7.12. The lowest BCUT2D eigenvalue weighted by Gasteiger charge is -2.18. The molecule has 2 fully saturated rings.